The molecule has 1 N–H and O–H groups in total. The smallest absolute Gasteiger partial charge is 0.225 e. The summed E-state index contributed by atoms with van der Waals surface area (Å²) >= 11 is 0. The number of anilines is 2. The lowest BCUT2D eigenvalue weighted by atomic mass is 10.0. The predicted molar refractivity (Wildman–Crippen MR) is 99.9 cm³/mol. The number of piperidine rings is 2. The van der Waals surface area contributed by atoms with Gasteiger partial charge in [-0.2, -0.15) is 0 Å². The molecule has 0 atom stereocenters. The molecular weight excluding hydrogens is 298 g/mol. The van der Waals surface area contributed by atoms with Crippen LogP contribution in [0.15, 0.2) is 24.4 Å². The van der Waals surface area contributed by atoms with Gasteiger partial charge >= 0.3 is 0 Å². The Balaban J connectivity index is 1.56. The van der Waals surface area contributed by atoms with Crippen LogP contribution in [0.4, 0.5) is 11.6 Å². The first-order chi connectivity index (χ1) is 11.8. The van der Waals surface area contributed by atoms with E-state index in [1.807, 2.05) is 6.20 Å². The van der Waals surface area contributed by atoms with Crippen molar-refractivity contribution in [2.45, 2.75) is 38.1 Å². The van der Waals surface area contributed by atoms with Crippen LogP contribution in [0.2, 0.25) is 0 Å². The fourth-order valence-corrected chi connectivity index (χ4v) is 3.88. The number of nitrogens with one attached hydrogen (secondary N) is 1. The molecule has 0 amide bonds. The van der Waals surface area contributed by atoms with Gasteiger partial charge in [-0.25, -0.2) is 9.97 Å². The summed E-state index contributed by atoms with van der Waals surface area (Å²) in [5.74, 6) is 0.890. The van der Waals surface area contributed by atoms with Gasteiger partial charge in [-0.05, 0) is 63.4 Å². The largest absolute Gasteiger partial charge is 0.371 e. The van der Waals surface area contributed by atoms with Gasteiger partial charge in [0.25, 0.3) is 0 Å². The van der Waals surface area contributed by atoms with Crippen molar-refractivity contribution in [1.82, 2.24) is 15.3 Å². The maximum absolute atomic E-state index is 4.80. The van der Waals surface area contributed by atoms with Gasteiger partial charge in [0.1, 0.15) is 0 Å². The van der Waals surface area contributed by atoms with E-state index in [0.717, 1.165) is 43.0 Å². The summed E-state index contributed by atoms with van der Waals surface area (Å²) in [5, 5.41) is 4.57. The van der Waals surface area contributed by atoms with Gasteiger partial charge in [-0.3, -0.25) is 0 Å². The Morgan fingerprint density at radius 2 is 1.92 bits per heavy atom. The topological polar surface area (TPSA) is 44.3 Å². The maximum atomic E-state index is 4.80. The van der Waals surface area contributed by atoms with Gasteiger partial charge in [0.2, 0.25) is 5.95 Å². The summed E-state index contributed by atoms with van der Waals surface area (Å²) in [7, 11) is 2.21. The number of aromatic nitrogens is 2. The Kier molecular flexibility index (Phi) is 4.52. The van der Waals surface area contributed by atoms with E-state index in [0.29, 0.717) is 6.04 Å². The van der Waals surface area contributed by atoms with Crippen molar-refractivity contribution in [1.29, 1.82) is 0 Å². The molecule has 0 spiro atoms. The maximum Gasteiger partial charge on any atom is 0.225 e. The summed E-state index contributed by atoms with van der Waals surface area (Å²) in [6.07, 6.45) is 8.24. The minimum Gasteiger partial charge on any atom is -0.371 e. The van der Waals surface area contributed by atoms with Crippen LogP contribution in [0.1, 0.15) is 32.1 Å². The fourth-order valence-electron chi connectivity index (χ4n) is 3.88. The van der Waals surface area contributed by atoms with Crippen molar-refractivity contribution in [2.24, 2.45) is 0 Å². The molecule has 2 aromatic rings. The highest BCUT2D eigenvalue weighted by atomic mass is 15.2. The van der Waals surface area contributed by atoms with Crippen molar-refractivity contribution in [3.63, 3.8) is 0 Å². The van der Waals surface area contributed by atoms with Crippen LogP contribution < -0.4 is 15.1 Å². The van der Waals surface area contributed by atoms with E-state index in [9.17, 15) is 0 Å². The quantitative estimate of drug-likeness (QED) is 0.940. The third-order valence-corrected chi connectivity index (χ3v) is 5.45. The standard InChI is InChI=1S/C19H27N5/c1-23(16-7-9-20-10-8-16)17-5-6-18-15(13-17)14-21-19(22-18)24-11-3-2-4-12-24/h5-6,13-14,16,20H,2-4,7-12H2,1H3. The number of benzene rings is 1. The van der Waals surface area contributed by atoms with Crippen molar-refractivity contribution >= 4 is 22.5 Å². The van der Waals surface area contributed by atoms with Gasteiger partial charge in [0.15, 0.2) is 0 Å². The third-order valence-electron chi connectivity index (χ3n) is 5.45. The zero-order chi connectivity index (χ0) is 16.4. The van der Waals surface area contributed by atoms with Crippen LogP contribution >= 0.6 is 0 Å². The van der Waals surface area contributed by atoms with Crippen LogP contribution in [0.5, 0.6) is 0 Å². The number of rotatable bonds is 3. The van der Waals surface area contributed by atoms with Crippen LogP contribution in [0.3, 0.4) is 0 Å². The Hall–Kier alpha value is -1.88. The molecule has 2 aliphatic heterocycles. The van der Waals surface area contributed by atoms with E-state index in [4.69, 9.17) is 4.98 Å². The molecule has 5 heteroatoms. The molecule has 1 aromatic heterocycles. The Morgan fingerprint density at radius 1 is 1.12 bits per heavy atom. The SMILES string of the molecule is CN(c1ccc2nc(N3CCCCC3)ncc2c1)C1CCNCC1. The average Bonchev–Trinajstić information content (AvgIpc) is 2.68. The highest BCUT2D eigenvalue weighted by Gasteiger charge is 2.19. The highest BCUT2D eigenvalue weighted by Crippen LogP contribution is 2.25. The predicted octanol–water partition coefficient (Wildman–Crippen LogP) is 2.81. The van der Waals surface area contributed by atoms with Gasteiger partial charge in [-0.15, -0.1) is 0 Å². The highest BCUT2D eigenvalue weighted by molar-refractivity contribution is 5.82. The summed E-state index contributed by atoms with van der Waals surface area (Å²) < 4.78 is 0. The molecule has 0 unspecified atom stereocenters. The monoisotopic (exact) mass is 325 g/mol. The molecule has 0 radical (unpaired) electrons. The summed E-state index contributed by atoms with van der Waals surface area (Å²) in [6.45, 7) is 4.40. The molecule has 128 valence electrons. The average molecular weight is 325 g/mol. The van der Waals surface area contributed by atoms with Crippen LogP contribution in [0.25, 0.3) is 10.9 Å². The molecule has 1 aromatic carbocycles. The van der Waals surface area contributed by atoms with E-state index in [-0.39, 0.29) is 0 Å². The van der Waals surface area contributed by atoms with E-state index in [2.05, 4.69) is 45.3 Å². The Bertz CT molecular complexity index is 689. The lowest BCUT2D eigenvalue weighted by Gasteiger charge is -2.33. The molecular formula is C19H27N5. The number of nitrogens with zero attached hydrogens (tertiary/aromatic N) is 4. The third kappa shape index (κ3) is 3.18. The fraction of sp³-hybridized carbons (Fsp3) is 0.579. The van der Waals surface area contributed by atoms with Crippen molar-refractivity contribution < 1.29 is 0 Å². The Labute approximate surface area is 144 Å². The lowest BCUT2D eigenvalue weighted by molar-refractivity contribution is 0.443. The van der Waals surface area contributed by atoms with Crippen LogP contribution in [-0.2, 0) is 0 Å². The van der Waals surface area contributed by atoms with Gasteiger partial charge in [0.05, 0.1) is 5.52 Å². The minimum atomic E-state index is 0.622. The Morgan fingerprint density at radius 3 is 2.71 bits per heavy atom. The normalized spacial score (nSPS) is 19.6. The van der Waals surface area contributed by atoms with E-state index in [1.54, 1.807) is 0 Å². The number of fused-ring (bicyclic) bond motifs is 1. The minimum absolute atomic E-state index is 0.622. The lowest BCUT2D eigenvalue weighted by Crippen LogP contribution is -2.41. The molecule has 5 nitrogen and oxygen atoms in total. The molecule has 0 saturated carbocycles. The molecule has 2 aliphatic rings. The molecule has 2 fully saturated rings. The second kappa shape index (κ2) is 6.93. The first kappa shape index (κ1) is 15.6. The van der Waals surface area contributed by atoms with Crippen LogP contribution in [-0.4, -0.2) is 49.2 Å². The van der Waals surface area contributed by atoms with Crippen molar-refractivity contribution in [3.8, 4) is 0 Å². The van der Waals surface area contributed by atoms with Gasteiger partial charge in [0, 0.05) is 43.4 Å². The first-order valence-corrected chi connectivity index (χ1v) is 9.26. The van der Waals surface area contributed by atoms with E-state index >= 15 is 0 Å². The second-order valence-electron chi connectivity index (χ2n) is 7.05. The van der Waals surface area contributed by atoms with E-state index < -0.39 is 0 Å². The zero-order valence-electron chi connectivity index (χ0n) is 14.5. The molecule has 24 heavy (non-hydrogen) atoms. The summed E-state index contributed by atoms with van der Waals surface area (Å²) in [5.41, 5.74) is 2.32. The molecule has 2 saturated heterocycles. The number of hydrogen-bond acceptors (Lipinski definition) is 5. The van der Waals surface area contributed by atoms with Crippen molar-refractivity contribution in [2.75, 3.05) is 43.0 Å². The summed E-state index contributed by atoms with van der Waals surface area (Å²) in [4.78, 5) is 14.2. The molecule has 3 heterocycles. The van der Waals surface area contributed by atoms with E-state index in [1.165, 1.54) is 37.8 Å². The van der Waals surface area contributed by atoms with Gasteiger partial charge in [-0.1, -0.05) is 0 Å². The second-order valence-corrected chi connectivity index (χ2v) is 7.05. The molecule has 4 rings (SSSR count). The van der Waals surface area contributed by atoms with Gasteiger partial charge < -0.3 is 15.1 Å². The van der Waals surface area contributed by atoms with Crippen molar-refractivity contribution in [3.05, 3.63) is 24.4 Å². The summed E-state index contributed by atoms with van der Waals surface area (Å²) in [6, 6.07) is 7.21. The molecule has 0 aliphatic carbocycles. The first-order valence-electron chi connectivity index (χ1n) is 9.26. The van der Waals surface area contributed by atoms with Crippen LogP contribution in [0, 0.1) is 0 Å². The number of hydrogen-bond donors (Lipinski definition) is 1. The zero-order valence-corrected chi connectivity index (χ0v) is 14.5. The molecule has 0 bridgehead atoms.